The average Bonchev–Trinajstić information content (AvgIpc) is 3.15. The number of benzene rings is 1. The first-order valence-corrected chi connectivity index (χ1v) is 12.4. The van der Waals surface area contributed by atoms with Crippen molar-refractivity contribution < 1.29 is 14.3 Å². The van der Waals surface area contributed by atoms with Gasteiger partial charge in [0, 0.05) is 5.70 Å². The van der Waals surface area contributed by atoms with Gasteiger partial charge in [-0.15, -0.1) is 5.10 Å². The van der Waals surface area contributed by atoms with Gasteiger partial charge in [0.15, 0.2) is 0 Å². The maximum atomic E-state index is 13.1. The number of hydrogen-bond donors (Lipinski definition) is 1. The molecule has 1 aromatic heterocycles. The third kappa shape index (κ3) is 5.85. The second-order valence-electron chi connectivity index (χ2n) is 8.25. The molecule has 1 aliphatic heterocycles. The molecule has 0 saturated carbocycles. The Balaban J connectivity index is 1.91. The van der Waals surface area contributed by atoms with Crippen LogP contribution in [-0.2, 0) is 9.53 Å². The molecule has 0 aliphatic carbocycles. The molecule has 32 heavy (non-hydrogen) atoms. The molecular formula is C24H34N4O3S. The van der Waals surface area contributed by atoms with Gasteiger partial charge >= 0.3 is 5.97 Å². The minimum atomic E-state index is -0.413. The van der Waals surface area contributed by atoms with Crippen LogP contribution in [0.25, 0.3) is 0 Å². The number of ether oxygens (including phenoxy) is 2. The number of allylic oxidation sites excluding steroid dienone is 1. The fourth-order valence-corrected chi connectivity index (χ4v) is 3.99. The van der Waals surface area contributed by atoms with Gasteiger partial charge in [-0.1, -0.05) is 58.0 Å². The molecule has 8 heteroatoms. The molecule has 1 aliphatic rings. The Bertz CT molecular complexity index is 937. The molecule has 2 aromatic rings. The van der Waals surface area contributed by atoms with Crippen LogP contribution < -0.4 is 10.1 Å². The Morgan fingerprint density at radius 3 is 2.62 bits per heavy atom. The third-order valence-corrected chi connectivity index (χ3v) is 5.94. The highest BCUT2D eigenvalue weighted by atomic mass is 32.2. The number of aromatic nitrogens is 3. The molecule has 0 saturated heterocycles. The number of anilines is 1. The van der Waals surface area contributed by atoms with Crippen LogP contribution in [0.3, 0.4) is 0 Å². The number of thioether (sulfide) groups is 1. The minimum Gasteiger partial charge on any atom is -0.494 e. The van der Waals surface area contributed by atoms with Crippen molar-refractivity contribution in [1.29, 1.82) is 0 Å². The highest BCUT2D eigenvalue weighted by molar-refractivity contribution is 7.99. The fraction of sp³-hybridized carbons (Fsp3) is 0.542. The highest BCUT2D eigenvalue weighted by Gasteiger charge is 2.35. The summed E-state index contributed by atoms with van der Waals surface area (Å²) in [5.74, 6) is 2.59. The zero-order valence-electron chi connectivity index (χ0n) is 19.7. The number of nitrogens with one attached hydrogen (secondary N) is 1. The maximum Gasteiger partial charge on any atom is 0.338 e. The SMILES string of the molecule is CCCCOC(=O)C1=C(C)Nc2nc(SCC)nn2C1c1ccc(OCCC(C)C)cc1. The van der Waals surface area contributed by atoms with E-state index in [9.17, 15) is 4.79 Å². The minimum absolute atomic E-state index is 0.323. The van der Waals surface area contributed by atoms with Crippen LogP contribution in [0.2, 0.25) is 0 Å². The van der Waals surface area contributed by atoms with Gasteiger partial charge in [-0.2, -0.15) is 4.98 Å². The molecule has 0 bridgehead atoms. The van der Waals surface area contributed by atoms with Crippen LogP contribution in [0.4, 0.5) is 5.95 Å². The molecule has 0 fully saturated rings. The van der Waals surface area contributed by atoms with Crippen molar-refractivity contribution in [1.82, 2.24) is 14.8 Å². The summed E-state index contributed by atoms with van der Waals surface area (Å²) in [6.45, 7) is 11.5. The number of esters is 1. The van der Waals surface area contributed by atoms with E-state index in [0.29, 0.717) is 35.8 Å². The molecule has 7 nitrogen and oxygen atoms in total. The summed E-state index contributed by atoms with van der Waals surface area (Å²) in [5, 5.41) is 8.61. The van der Waals surface area contributed by atoms with Crippen LogP contribution in [0.5, 0.6) is 5.75 Å². The molecular weight excluding hydrogens is 424 g/mol. The summed E-state index contributed by atoms with van der Waals surface area (Å²) in [5.41, 5.74) is 2.23. The van der Waals surface area contributed by atoms with Gasteiger partial charge < -0.3 is 14.8 Å². The van der Waals surface area contributed by atoms with Gasteiger partial charge in [-0.3, -0.25) is 0 Å². The molecule has 1 N–H and O–H groups in total. The van der Waals surface area contributed by atoms with E-state index in [1.54, 1.807) is 16.4 Å². The topological polar surface area (TPSA) is 78.3 Å². The number of carbonyl (C=O) groups excluding carboxylic acids is 1. The van der Waals surface area contributed by atoms with Crippen LogP contribution >= 0.6 is 11.8 Å². The van der Waals surface area contributed by atoms with E-state index < -0.39 is 6.04 Å². The fourth-order valence-electron chi connectivity index (χ4n) is 3.44. The van der Waals surface area contributed by atoms with Crippen LogP contribution in [0.15, 0.2) is 40.7 Å². The number of carbonyl (C=O) groups is 1. The number of rotatable bonds is 11. The Labute approximate surface area is 195 Å². The van der Waals surface area contributed by atoms with Gasteiger partial charge in [0.25, 0.3) is 0 Å². The molecule has 2 heterocycles. The molecule has 0 amide bonds. The summed E-state index contributed by atoms with van der Waals surface area (Å²) < 4.78 is 13.2. The van der Waals surface area contributed by atoms with Gasteiger partial charge in [0.05, 0.1) is 18.8 Å². The predicted octanol–water partition coefficient (Wildman–Crippen LogP) is 5.45. The van der Waals surface area contributed by atoms with Crippen molar-refractivity contribution in [3.63, 3.8) is 0 Å². The van der Waals surface area contributed by atoms with E-state index in [1.807, 2.05) is 31.2 Å². The van der Waals surface area contributed by atoms with E-state index in [0.717, 1.165) is 42.0 Å². The molecule has 174 valence electrons. The summed E-state index contributed by atoms with van der Waals surface area (Å²) in [7, 11) is 0. The van der Waals surface area contributed by atoms with E-state index in [4.69, 9.17) is 9.47 Å². The molecule has 0 spiro atoms. The van der Waals surface area contributed by atoms with E-state index in [-0.39, 0.29) is 5.97 Å². The lowest BCUT2D eigenvalue weighted by Crippen LogP contribution is -2.29. The third-order valence-electron chi connectivity index (χ3n) is 5.22. The van der Waals surface area contributed by atoms with Crippen LogP contribution in [0.1, 0.15) is 65.5 Å². The van der Waals surface area contributed by atoms with Crippen molar-refractivity contribution in [3.8, 4) is 5.75 Å². The lowest BCUT2D eigenvalue weighted by atomic mass is 9.96. The van der Waals surface area contributed by atoms with Crippen LogP contribution in [0, 0.1) is 5.92 Å². The molecule has 1 atom stereocenters. The monoisotopic (exact) mass is 458 g/mol. The second-order valence-corrected chi connectivity index (χ2v) is 9.48. The first-order chi connectivity index (χ1) is 15.4. The average molecular weight is 459 g/mol. The lowest BCUT2D eigenvalue weighted by molar-refractivity contribution is -0.139. The summed E-state index contributed by atoms with van der Waals surface area (Å²) in [6, 6.07) is 7.47. The van der Waals surface area contributed by atoms with Gasteiger partial charge in [0.2, 0.25) is 11.1 Å². The normalized spacial score (nSPS) is 15.5. The molecule has 1 unspecified atom stereocenters. The van der Waals surface area contributed by atoms with Crippen molar-refractivity contribution in [2.75, 3.05) is 24.3 Å². The smallest absolute Gasteiger partial charge is 0.338 e. The molecule has 3 rings (SSSR count). The quantitative estimate of drug-likeness (QED) is 0.273. The van der Waals surface area contributed by atoms with E-state index in [2.05, 4.69) is 43.1 Å². The van der Waals surface area contributed by atoms with Gasteiger partial charge in [-0.25, -0.2) is 9.48 Å². The summed E-state index contributed by atoms with van der Waals surface area (Å²) >= 11 is 1.57. The molecule has 1 aromatic carbocycles. The number of nitrogens with zero attached hydrogens (tertiary/aromatic N) is 3. The first-order valence-electron chi connectivity index (χ1n) is 11.4. The Morgan fingerprint density at radius 1 is 1.22 bits per heavy atom. The molecule has 0 radical (unpaired) electrons. The Morgan fingerprint density at radius 2 is 1.97 bits per heavy atom. The van der Waals surface area contributed by atoms with E-state index >= 15 is 0 Å². The number of hydrogen-bond acceptors (Lipinski definition) is 7. The standard InChI is InChI=1S/C24H34N4O3S/c1-6-8-14-31-22(29)20-17(5)25-23-26-24(32-7-2)27-28(23)21(20)18-9-11-19(12-10-18)30-15-13-16(3)4/h9-12,16,21H,6-8,13-15H2,1-5H3,(H,25,26,27). The summed E-state index contributed by atoms with van der Waals surface area (Å²) in [6.07, 6.45) is 2.81. The summed E-state index contributed by atoms with van der Waals surface area (Å²) in [4.78, 5) is 17.7. The first kappa shape index (κ1) is 24.2. The van der Waals surface area contributed by atoms with Crippen molar-refractivity contribution >= 4 is 23.7 Å². The van der Waals surface area contributed by atoms with Crippen molar-refractivity contribution in [2.24, 2.45) is 5.92 Å². The number of unbranched alkanes of at least 4 members (excludes halogenated alkanes) is 1. The van der Waals surface area contributed by atoms with Crippen LogP contribution in [-0.4, -0.2) is 39.7 Å². The lowest BCUT2D eigenvalue weighted by Gasteiger charge is -2.28. The largest absolute Gasteiger partial charge is 0.494 e. The van der Waals surface area contributed by atoms with E-state index in [1.165, 1.54) is 0 Å². The highest BCUT2D eigenvalue weighted by Crippen LogP contribution is 2.37. The van der Waals surface area contributed by atoms with Gasteiger partial charge in [0.1, 0.15) is 11.8 Å². The zero-order valence-corrected chi connectivity index (χ0v) is 20.5. The Hall–Kier alpha value is -2.48. The zero-order chi connectivity index (χ0) is 23.1. The Kier molecular flexibility index (Phi) is 8.61. The maximum absolute atomic E-state index is 13.1. The van der Waals surface area contributed by atoms with Gasteiger partial charge in [-0.05, 0) is 49.1 Å². The van der Waals surface area contributed by atoms with Crippen molar-refractivity contribution in [3.05, 3.63) is 41.1 Å². The van der Waals surface area contributed by atoms with Crippen molar-refractivity contribution in [2.45, 2.75) is 65.1 Å². The number of fused-ring (bicyclic) bond motifs is 1. The predicted molar refractivity (Wildman–Crippen MR) is 128 cm³/mol. The second kappa shape index (κ2) is 11.4.